The Morgan fingerprint density at radius 3 is 2.39 bits per heavy atom. The third-order valence-electron chi connectivity index (χ3n) is 2.27. The van der Waals surface area contributed by atoms with Crippen molar-refractivity contribution in [2.45, 2.75) is 45.8 Å². The summed E-state index contributed by atoms with van der Waals surface area (Å²) in [6.07, 6.45) is 1.04. The molecule has 110 valence electrons. The number of nitrogens with zero attached hydrogens (tertiary/aromatic N) is 1. The molecule has 6 heteroatoms. The summed E-state index contributed by atoms with van der Waals surface area (Å²) >= 11 is 0. The van der Waals surface area contributed by atoms with E-state index < -0.39 is 10.8 Å². The highest BCUT2D eigenvalue weighted by Gasteiger charge is 2.18. The molecule has 18 heavy (non-hydrogen) atoms. The van der Waals surface area contributed by atoms with Crippen molar-refractivity contribution in [2.75, 3.05) is 18.8 Å². The van der Waals surface area contributed by atoms with Crippen LogP contribution < -0.4 is 11.1 Å². The van der Waals surface area contributed by atoms with Crippen LogP contribution in [0, 0.1) is 5.92 Å². The van der Waals surface area contributed by atoms with Crippen LogP contribution in [0.5, 0.6) is 0 Å². The number of hydrogen-bond acceptors (Lipinski definition) is 2. The van der Waals surface area contributed by atoms with Crippen LogP contribution in [0.1, 0.15) is 41.0 Å². The van der Waals surface area contributed by atoms with E-state index in [1.165, 1.54) is 0 Å². The third kappa shape index (κ3) is 11.3. The van der Waals surface area contributed by atoms with Crippen molar-refractivity contribution in [2.24, 2.45) is 16.6 Å². The van der Waals surface area contributed by atoms with E-state index >= 15 is 0 Å². The van der Waals surface area contributed by atoms with E-state index in [9.17, 15) is 4.21 Å². The minimum atomic E-state index is -0.840. The summed E-state index contributed by atoms with van der Waals surface area (Å²) in [6.45, 7) is 11.6. The Balaban J connectivity index is 0. The van der Waals surface area contributed by atoms with Crippen molar-refractivity contribution in [1.82, 2.24) is 5.32 Å². The molecule has 0 aliphatic heterocycles. The molecule has 0 aromatic heterocycles. The Hall–Kier alpha value is 0.150. The van der Waals surface area contributed by atoms with Gasteiger partial charge in [0, 0.05) is 34.4 Å². The van der Waals surface area contributed by atoms with Gasteiger partial charge in [0.15, 0.2) is 5.96 Å². The monoisotopic (exact) mass is 389 g/mol. The summed E-state index contributed by atoms with van der Waals surface area (Å²) < 4.78 is 11.6. The highest BCUT2D eigenvalue weighted by atomic mass is 127. The van der Waals surface area contributed by atoms with Crippen LogP contribution in [0.3, 0.4) is 0 Å². The van der Waals surface area contributed by atoms with Gasteiger partial charge in [0.05, 0.1) is 0 Å². The molecule has 1 atom stereocenters. The molecule has 0 radical (unpaired) electrons. The third-order valence-corrected chi connectivity index (χ3v) is 4.21. The first kappa shape index (κ1) is 20.5. The van der Waals surface area contributed by atoms with E-state index in [4.69, 9.17) is 5.73 Å². The number of halogens is 1. The number of rotatable bonds is 6. The second-order valence-corrected chi connectivity index (χ2v) is 7.86. The van der Waals surface area contributed by atoms with E-state index in [-0.39, 0.29) is 28.7 Å². The summed E-state index contributed by atoms with van der Waals surface area (Å²) in [5.41, 5.74) is 5.70. The van der Waals surface area contributed by atoms with Crippen LogP contribution in [0.4, 0.5) is 0 Å². The lowest BCUT2D eigenvalue weighted by Crippen LogP contribution is -2.37. The molecule has 0 amide bonds. The largest absolute Gasteiger partial charge is 0.370 e. The van der Waals surface area contributed by atoms with Gasteiger partial charge < -0.3 is 11.1 Å². The zero-order chi connectivity index (χ0) is 13.5. The van der Waals surface area contributed by atoms with Gasteiger partial charge in [-0.2, -0.15) is 0 Å². The SMILES string of the molecule is CC(C)CCN=C(N)NCCS(=O)C(C)(C)C.I. The summed E-state index contributed by atoms with van der Waals surface area (Å²) in [6, 6.07) is 0. The highest BCUT2D eigenvalue weighted by molar-refractivity contribution is 14.0. The fraction of sp³-hybridized carbons (Fsp3) is 0.917. The first-order chi connectivity index (χ1) is 7.73. The normalized spacial score (nSPS) is 14.2. The second-order valence-electron chi connectivity index (χ2n) is 5.54. The Kier molecular flexibility index (Phi) is 11.4. The van der Waals surface area contributed by atoms with Gasteiger partial charge in [-0.15, -0.1) is 24.0 Å². The highest BCUT2D eigenvalue weighted by Crippen LogP contribution is 2.10. The minimum Gasteiger partial charge on any atom is -0.370 e. The number of aliphatic imine (C=N–C) groups is 1. The Bertz CT molecular complexity index is 275. The summed E-state index contributed by atoms with van der Waals surface area (Å²) in [5.74, 6) is 1.70. The molecule has 0 aliphatic rings. The second kappa shape index (κ2) is 10.00. The van der Waals surface area contributed by atoms with E-state index in [1.807, 2.05) is 20.8 Å². The Morgan fingerprint density at radius 2 is 1.94 bits per heavy atom. The Labute approximate surface area is 131 Å². The summed E-state index contributed by atoms with van der Waals surface area (Å²) in [7, 11) is -0.840. The fourth-order valence-corrected chi connectivity index (χ4v) is 1.98. The maximum Gasteiger partial charge on any atom is 0.188 e. The van der Waals surface area contributed by atoms with Crippen LogP contribution in [-0.4, -0.2) is 33.8 Å². The maximum atomic E-state index is 11.7. The van der Waals surface area contributed by atoms with Crippen molar-refractivity contribution in [3.05, 3.63) is 0 Å². The van der Waals surface area contributed by atoms with Gasteiger partial charge >= 0.3 is 0 Å². The number of hydrogen-bond donors (Lipinski definition) is 2. The molecule has 0 bridgehead atoms. The van der Waals surface area contributed by atoms with Crippen LogP contribution in [-0.2, 0) is 10.8 Å². The first-order valence-corrected chi connectivity index (χ1v) is 7.47. The van der Waals surface area contributed by atoms with Gasteiger partial charge in [0.25, 0.3) is 0 Å². The van der Waals surface area contributed by atoms with Gasteiger partial charge in [0.2, 0.25) is 0 Å². The van der Waals surface area contributed by atoms with Gasteiger partial charge in [-0.3, -0.25) is 9.20 Å². The van der Waals surface area contributed by atoms with Crippen LogP contribution >= 0.6 is 24.0 Å². The average Bonchev–Trinajstić information content (AvgIpc) is 2.15. The lowest BCUT2D eigenvalue weighted by molar-refractivity contribution is 0.596. The average molecular weight is 389 g/mol. The molecule has 0 heterocycles. The molecule has 3 N–H and O–H groups in total. The molecule has 0 aromatic carbocycles. The molecule has 0 aromatic rings. The van der Waals surface area contributed by atoms with E-state index in [2.05, 4.69) is 24.2 Å². The number of guanidine groups is 1. The molecule has 0 saturated carbocycles. The molecule has 1 unspecified atom stereocenters. The van der Waals surface area contributed by atoms with Crippen molar-refractivity contribution in [3.8, 4) is 0 Å². The summed E-state index contributed by atoms with van der Waals surface area (Å²) in [5, 5.41) is 2.99. The molecule has 0 spiro atoms. The predicted molar refractivity (Wildman–Crippen MR) is 92.1 cm³/mol. The minimum absolute atomic E-state index is 0. The molecule has 0 aliphatic carbocycles. The molecular weight excluding hydrogens is 361 g/mol. The first-order valence-electron chi connectivity index (χ1n) is 6.15. The molecule has 0 rings (SSSR count). The van der Waals surface area contributed by atoms with Crippen LogP contribution in [0.2, 0.25) is 0 Å². The lowest BCUT2D eigenvalue weighted by atomic mass is 10.1. The maximum absolute atomic E-state index is 11.7. The van der Waals surface area contributed by atoms with E-state index in [1.54, 1.807) is 0 Å². The lowest BCUT2D eigenvalue weighted by Gasteiger charge is -2.17. The molecule has 4 nitrogen and oxygen atoms in total. The van der Waals surface area contributed by atoms with Gasteiger partial charge in [0.1, 0.15) is 0 Å². The molecule has 0 saturated heterocycles. The van der Waals surface area contributed by atoms with Crippen LogP contribution in [0.15, 0.2) is 4.99 Å². The molecular formula is C12H28IN3OS. The fourth-order valence-electron chi connectivity index (χ4n) is 1.08. The van der Waals surface area contributed by atoms with Crippen molar-refractivity contribution < 1.29 is 4.21 Å². The van der Waals surface area contributed by atoms with Crippen molar-refractivity contribution >= 4 is 40.7 Å². The summed E-state index contributed by atoms with van der Waals surface area (Å²) in [4.78, 5) is 4.21. The predicted octanol–water partition coefficient (Wildman–Crippen LogP) is 2.10. The van der Waals surface area contributed by atoms with Gasteiger partial charge in [-0.05, 0) is 33.1 Å². The smallest absolute Gasteiger partial charge is 0.188 e. The van der Waals surface area contributed by atoms with Gasteiger partial charge in [-0.1, -0.05) is 13.8 Å². The standard InChI is InChI=1S/C12H27N3OS.HI/c1-10(2)6-7-14-11(13)15-8-9-17(16)12(3,4)5;/h10H,6-9H2,1-5H3,(H3,13,14,15);1H. The zero-order valence-electron chi connectivity index (χ0n) is 12.2. The van der Waals surface area contributed by atoms with E-state index in [0.29, 0.717) is 24.2 Å². The van der Waals surface area contributed by atoms with Crippen molar-refractivity contribution in [1.29, 1.82) is 0 Å². The van der Waals surface area contributed by atoms with E-state index in [0.717, 1.165) is 13.0 Å². The molecule has 0 fully saturated rings. The topological polar surface area (TPSA) is 67.5 Å². The van der Waals surface area contributed by atoms with Gasteiger partial charge in [-0.25, -0.2) is 0 Å². The quantitative estimate of drug-likeness (QED) is 0.415. The number of nitrogens with two attached hydrogens (primary N) is 1. The van der Waals surface area contributed by atoms with Crippen LogP contribution in [0.25, 0.3) is 0 Å². The zero-order valence-corrected chi connectivity index (χ0v) is 15.3. The number of nitrogens with one attached hydrogen (secondary N) is 1. The Morgan fingerprint density at radius 1 is 1.39 bits per heavy atom. The van der Waals surface area contributed by atoms with Crippen molar-refractivity contribution in [3.63, 3.8) is 0 Å².